The molecule has 0 nitrogen and oxygen atoms in total. The predicted octanol–water partition coefficient (Wildman–Crippen LogP) is 4.74. The molecule has 0 unspecified atom stereocenters. The lowest BCUT2D eigenvalue weighted by atomic mass is 10.0. The minimum atomic E-state index is 0.575. The van der Waals surface area contributed by atoms with Crippen LogP contribution in [0.3, 0.4) is 0 Å². The van der Waals surface area contributed by atoms with Crippen molar-refractivity contribution in [3.8, 4) is 11.1 Å². The maximum absolute atomic E-state index is 5.99. The quantitative estimate of drug-likeness (QED) is 0.586. The van der Waals surface area contributed by atoms with E-state index in [1.807, 2.05) is 0 Å². The maximum atomic E-state index is 5.99. The average Bonchev–Trinajstić information content (AvgIpc) is 2.75. The summed E-state index contributed by atoms with van der Waals surface area (Å²) in [5.41, 5.74) is 7.85. The molecule has 0 aliphatic heterocycles. The molecule has 0 amide bonds. The summed E-state index contributed by atoms with van der Waals surface area (Å²) in [4.78, 5) is 0. The molecule has 3 rings (SSSR count). The molecule has 0 bridgehead atoms. The fourth-order valence-electron chi connectivity index (χ4n) is 2.55. The zero-order valence-corrected chi connectivity index (χ0v) is 10.9. The number of benzene rings is 2. The molecule has 0 fully saturated rings. The van der Waals surface area contributed by atoms with Gasteiger partial charge in [0.05, 0.1) is 0 Å². The Morgan fingerprint density at radius 1 is 0.941 bits per heavy atom. The summed E-state index contributed by atoms with van der Waals surface area (Å²) in [6.07, 6.45) is 0.984. The Balaban J connectivity index is 2.16. The van der Waals surface area contributed by atoms with Crippen LogP contribution in [-0.4, -0.2) is 0 Å². The van der Waals surface area contributed by atoms with Gasteiger partial charge in [0, 0.05) is 11.8 Å². The first kappa shape index (κ1) is 11.1. The van der Waals surface area contributed by atoms with E-state index in [-0.39, 0.29) is 0 Å². The van der Waals surface area contributed by atoms with Crippen molar-refractivity contribution in [2.45, 2.75) is 18.2 Å². The summed E-state index contributed by atoms with van der Waals surface area (Å²) in [7, 11) is 0. The van der Waals surface area contributed by atoms with Crippen molar-refractivity contribution in [1.29, 1.82) is 0 Å². The van der Waals surface area contributed by atoms with Gasteiger partial charge in [0.1, 0.15) is 0 Å². The number of hydrogen-bond donors (Lipinski definition) is 0. The van der Waals surface area contributed by atoms with Crippen LogP contribution in [0.25, 0.3) is 11.1 Å². The van der Waals surface area contributed by atoms with E-state index in [2.05, 4.69) is 36.4 Å². The van der Waals surface area contributed by atoms with E-state index < -0.39 is 0 Å². The molecule has 2 heteroatoms. The molecule has 17 heavy (non-hydrogen) atoms. The van der Waals surface area contributed by atoms with Gasteiger partial charge in [0.15, 0.2) is 0 Å². The Labute approximate surface area is 111 Å². The Kier molecular flexibility index (Phi) is 2.85. The first-order valence-electron chi connectivity index (χ1n) is 5.68. The molecule has 0 heterocycles. The molecule has 0 saturated carbocycles. The van der Waals surface area contributed by atoms with Gasteiger partial charge < -0.3 is 0 Å². The number of fused-ring (bicyclic) bond motifs is 3. The second-order valence-corrected chi connectivity index (χ2v) is 4.91. The predicted molar refractivity (Wildman–Crippen MR) is 73.8 cm³/mol. The van der Waals surface area contributed by atoms with E-state index in [1.165, 1.54) is 33.4 Å². The van der Waals surface area contributed by atoms with Crippen molar-refractivity contribution in [2.24, 2.45) is 0 Å². The largest absolute Gasteiger partial charge is 0.122 e. The van der Waals surface area contributed by atoms with Crippen LogP contribution in [-0.2, 0) is 18.2 Å². The molecule has 1 aliphatic rings. The standard InChI is InChI=1S/C15H12Cl2/c16-8-10-4-5-13-12(6-10)7-15-11(9-17)2-1-3-14(13)15/h1-6H,7-9H2. The smallest absolute Gasteiger partial charge is 0.0477 e. The highest BCUT2D eigenvalue weighted by atomic mass is 35.5. The Morgan fingerprint density at radius 3 is 2.59 bits per heavy atom. The molecule has 1 aliphatic carbocycles. The van der Waals surface area contributed by atoms with Crippen LogP contribution in [0.2, 0.25) is 0 Å². The zero-order chi connectivity index (χ0) is 11.8. The third kappa shape index (κ3) is 1.76. The fraction of sp³-hybridized carbons (Fsp3) is 0.200. The van der Waals surface area contributed by atoms with Crippen LogP contribution in [0.15, 0.2) is 36.4 Å². The van der Waals surface area contributed by atoms with Crippen molar-refractivity contribution in [1.82, 2.24) is 0 Å². The lowest BCUT2D eigenvalue weighted by Crippen LogP contribution is -1.88. The molecule has 0 radical (unpaired) electrons. The Bertz CT molecular complexity index is 573. The van der Waals surface area contributed by atoms with Gasteiger partial charge in [-0.3, -0.25) is 0 Å². The second kappa shape index (κ2) is 4.36. The van der Waals surface area contributed by atoms with Crippen molar-refractivity contribution in [3.63, 3.8) is 0 Å². The van der Waals surface area contributed by atoms with E-state index in [1.54, 1.807) is 0 Å². The van der Waals surface area contributed by atoms with Crippen molar-refractivity contribution < 1.29 is 0 Å². The molecular weight excluding hydrogens is 251 g/mol. The number of halogens is 2. The summed E-state index contributed by atoms with van der Waals surface area (Å²) in [5, 5.41) is 0. The molecule has 86 valence electrons. The summed E-state index contributed by atoms with van der Waals surface area (Å²) in [5.74, 6) is 1.16. The molecule has 0 saturated heterocycles. The van der Waals surface area contributed by atoms with E-state index in [4.69, 9.17) is 23.2 Å². The van der Waals surface area contributed by atoms with Crippen LogP contribution in [0.4, 0.5) is 0 Å². The lowest BCUT2D eigenvalue weighted by molar-refractivity contribution is 1.19. The van der Waals surface area contributed by atoms with Gasteiger partial charge in [-0.1, -0.05) is 36.4 Å². The maximum Gasteiger partial charge on any atom is 0.0477 e. The van der Waals surface area contributed by atoms with Gasteiger partial charge in [-0.15, -0.1) is 23.2 Å². The molecule has 0 atom stereocenters. The molecule has 0 aromatic heterocycles. The Morgan fingerprint density at radius 2 is 1.82 bits per heavy atom. The normalized spacial score (nSPS) is 12.4. The highest BCUT2D eigenvalue weighted by Crippen LogP contribution is 2.39. The summed E-state index contributed by atoms with van der Waals surface area (Å²) in [6.45, 7) is 0. The first-order chi connectivity index (χ1) is 8.33. The van der Waals surface area contributed by atoms with Gasteiger partial charge in [-0.2, -0.15) is 0 Å². The number of alkyl halides is 2. The van der Waals surface area contributed by atoms with E-state index in [0.29, 0.717) is 11.8 Å². The highest BCUT2D eigenvalue weighted by molar-refractivity contribution is 6.17. The summed E-state index contributed by atoms with van der Waals surface area (Å²) in [6, 6.07) is 12.9. The molecule has 2 aromatic carbocycles. The van der Waals surface area contributed by atoms with Gasteiger partial charge in [0.2, 0.25) is 0 Å². The van der Waals surface area contributed by atoms with E-state index >= 15 is 0 Å². The second-order valence-electron chi connectivity index (χ2n) is 4.38. The van der Waals surface area contributed by atoms with Crippen molar-refractivity contribution >= 4 is 23.2 Å². The van der Waals surface area contributed by atoms with E-state index in [0.717, 1.165) is 6.42 Å². The molecule has 2 aromatic rings. The summed E-state index contributed by atoms with van der Waals surface area (Å²) >= 11 is 11.9. The third-order valence-corrected chi connectivity index (χ3v) is 3.99. The van der Waals surface area contributed by atoms with Crippen LogP contribution in [0.1, 0.15) is 22.3 Å². The fourth-order valence-corrected chi connectivity index (χ4v) is 2.97. The molecule has 0 spiro atoms. The van der Waals surface area contributed by atoms with Gasteiger partial charge >= 0.3 is 0 Å². The Hall–Kier alpha value is -0.980. The third-order valence-electron chi connectivity index (χ3n) is 3.40. The van der Waals surface area contributed by atoms with Crippen LogP contribution in [0.5, 0.6) is 0 Å². The minimum Gasteiger partial charge on any atom is -0.122 e. The minimum absolute atomic E-state index is 0.575. The molecular formula is C15H12Cl2. The van der Waals surface area contributed by atoms with Gasteiger partial charge in [-0.05, 0) is 39.8 Å². The topological polar surface area (TPSA) is 0 Å². The number of rotatable bonds is 2. The van der Waals surface area contributed by atoms with Crippen molar-refractivity contribution in [2.75, 3.05) is 0 Å². The summed E-state index contributed by atoms with van der Waals surface area (Å²) < 4.78 is 0. The molecule has 0 N–H and O–H groups in total. The first-order valence-corrected chi connectivity index (χ1v) is 6.75. The van der Waals surface area contributed by atoms with Crippen LogP contribution >= 0.6 is 23.2 Å². The monoisotopic (exact) mass is 262 g/mol. The highest BCUT2D eigenvalue weighted by Gasteiger charge is 2.20. The number of hydrogen-bond acceptors (Lipinski definition) is 0. The van der Waals surface area contributed by atoms with Crippen LogP contribution < -0.4 is 0 Å². The van der Waals surface area contributed by atoms with Crippen molar-refractivity contribution in [3.05, 3.63) is 58.7 Å². The zero-order valence-electron chi connectivity index (χ0n) is 9.34. The lowest BCUT2D eigenvalue weighted by Gasteiger charge is -2.04. The van der Waals surface area contributed by atoms with Gasteiger partial charge in [-0.25, -0.2) is 0 Å². The van der Waals surface area contributed by atoms with E-state index in [9.17, 15) is 0 Å². The SMILES string of the molecule is ClCc1ccc2c(c1)Cc1c(CCl)cccc1-2. The van der Waals surface area contributed by atoms with Crippen LogP contribution in [0, 0.1) is 0 Å². The van der Waals surface area contributed by atoms with Gasteiger partial charge in [0.25, 0.3) is 0 Å². The average molecular weight is 263 g/mol.